The van der Waals surface area contributed by atoms with Crippen LogP contribution in [0.25, 0.3) is 0 Å². The summed E-state index contributed by atoms with van der Waals surface area (Å²) >= 11 is 7.05. The van der Waals surface area contributed by atoms with Crippen molar-refractivity contribution in [3.63, 3.8) is 0 Å². The fourth-order valence-electron chi connectivity index (χ4n) is 1.45. The molecule has 0 aromatic carbocycles. The highest BCUT2D eigenvalue weighted by Crippen LogP contribution is 2.24. The molecule has 2 rings (SSSR count). The number of anilines is 2. The first-order chi connectivity index (χ1) is 8.47. The average molecular weight is 283 g/mol. The molecule has 0 saturated heterocycles. The highest BCUT2D eigenvalue weighted by Gasteiger charge is 2.15. The van der Waals surface area contributed by atoms with Crippen LogP contribution in [0.15, 0.2) is 12.3 Å². The van der Waals surface area contributed by atoms with Crippen LogP contribution in [0.4, 0.5) is 10.8 Å². The molecule has 0 fully saturated rings. The van der Waals surface area contributed by atoms with Gasteiger partial charge >= 0.3 is 0 Å². The molecule has 2 aromatic heterocycles. The van der Waals surface area contributed by atoms with E-state index in [1.165, 1.54) is 0 Å². The zero-order valence-electron chi connectivity index (χ0n) is 9.82. The number of aromatic nitrogens is 2. The first-order valence-corrected chi connectivity index (χ1v) is 6.33. The third kappa shape index (κ3) is 2.60. The number of amides is 1. The second-order valence-corrected chi connectivity index (χ2v) is 5.16. The Bertz CT molecular complexity index is 611. The molecule has 0 spiro atoms. The molecule has 0 aliphatic rings. The molecule has 2 heterocycles. The molecule has 3 N–H and O–H groups in total. The number of nitrogens with two attached hydrogens (primary N) is 1. The number of nitrogen functional groups attached to an aromatic ring is 1. The van der Waals surface area contributed by atoms with E-state index < -0.39 is 0 Å². The lowest BCUT2D eigenvalue weighted by Crippen LogP contribution is -2.12. The molecule has 0 atom stereocenters. The molecular formula is C11H11ClN4OS. The maximum absolute atomic E-state index is 12.0. The minimum Gasteiger partial charge on any atom is -0.375 e. The van der Waals surface area contributed by atoms with Crippen molar-refractivity contribution in [1.29, 1.82) is 0 Å². The molecule has 0 saturated carbocycles. The van der Waals surface area contributed by atoms with Gasteiger partial charge < -0.3 is 11.1 Å². The van der Waals surface area contributed by atoms with E-state index in [4.69, 9.17) is 17.3 Å². The Kier molecular flexibility index (Phi) is 3.49. The molecule has 0 unspecified atom stereocenters. The molecular weight excluding hydrogens is 272 g/mol. The van der Waals surface area contributed by atoms with Crippen LogP contribution in [0, 0.1) is 13.8 Å². The number of nitrogens with one attached hydrogen (secondary N) is 1. The number of hydrogen-bond donors (Lipinski definition) is 2. The Morgan fingerprint density at radius 2 is 2.22 bits per heavy atom. The van der Waals surface area contributed by atoms with Crippen LogP contribution in [0.5, 0.6) is 0 Å². The van der Waals surface area contributed by atoms with E-state index >= 15 is 0 Å². The van der Waals surface area contributed by atoms with Crippen molar-refractivity contribution >= 4 is 39.7 Å². The fraction of sp³-hybridized carbons (Fsp3) is 0.182. The zero-order chi connectivity index (χ0) is 13.3. The van der Waals surface area contributed by atoms with Crippen molar-refractivity contribution in [2.45, 2.75) is 13.8 Å². The lowest BCUT2D eigenvalue weighted by atomic mass is 10.3. The highest BCUT2D eigenvalue weighted by atomic mass is 35.5. The molecule has 0 radical (unpaired) electrons. The fourth-order valence-corrected chi connectivity index (χ4v) is 2.33. The van der Waals surface area contributed by atoms with E-state index in [0.717, 1.165) is 16.9 Å². The summed E-state index contributed by atoms with van der Waals surface area (Å²) in [5.41, 5.74) is 7.55. The number of pyridine rings is 1. The Balaban J connectivity index is 2.26. The SMILES string of the molecule is Cc1cnc(Cl)c(NC(=O)c2sc(N)nc2C)c1. The van der Waals surface area contributed by atoms with Crippen molar-refractivity contribution in [1.82, 2.24) is 9.97 Å². The van der Waals surface area contributed by atoms with Crippen molar-refractivity contribution in [3.05, 3.63) is 33.6 Å². The summed E-state index contributed by atoms with van der Waals surface area (Å²) in [6.07, 6.45) is 1.63. The molecule has 94 valence electrons. The van der Waals surface area contributed by atoms with Gasteiger partial charge in [0.05, 0.1) is 11.4 Å². The first-order valence-electron chi connectivity index (χ1n) is 5.14. The summed E-state index contributed by atoms with van der Waals surface area (Å²) in [5.74, 6) is -0.281. The number of carbonyl (C=O) groups is 1. The van der Waals surface area contributed by atoms with Gasteiger partial charge in [-0.25, -0.2) is 9.97 Å². The van der Waals surface area contributed by atoms with Crippen molar-refractivity contribution < 1.29 is 4.79 Å². The maximum atomic E-state index is 12.0. The van der Waals surface area contributed by atoms with Crippen LogP contribution in [0.1, 0.15) is 20.9 Å². The normalized spacial score (nSPS) is 10.4. The van der Waals surface area contributed by atoms with Gasteiger partial charge in [-0.2, -0.15) is 0 Å². The number of rotatable bonds is 2. The second kappa shape index (κ2) is 4.91. The minimum absolute atomic E-state index is 0.254. The Morgan fingerprint density at radius 3 is 2.83 bits per heavy atom. The Morgan fingerprint density at radius 1 is 1.50 bits per heavy atom. The zero-order valence-corrected chi connectivity index (χ0v) is 11.4. The summed E-state index contributed by atoms with van der Waals surface area (Å²) in [4.78, 5) is 20.5. The van der Waals surface area contributed by atoms with Crippen LogP contribution in [0.2, 0.25) is 5.15 Å². The predicted molar refractivity (Wildman–Crippen MR) is 73.2 cm³/mol. The van der Waals surface area contributed by atoms with Gasteiger partial charge in [-0.3, -0.25) is 4.79 Å². The van der Waals surface area contributed by atoms with Crippen LogP contribution < -0.4 is 11.1 Å². The molecule has 2 aromatic rings. The molecule has 0 bridgehead atoms. The number of hydrogen-bond acceptors (Lipinski definition) is 5. The van der Waals surface area contributed by atoms with Gasteiger partial charge in [-0.15, -0.1) is 0 Å². The van der Waals surface area contributed by atoms with Crippen molar-refractivity contribution in [3.8, 4) is 0 Å². The van der Waals surface area contributed by atoms with Crippen LogP contribution in [0.3, 0.4) is 0 Å². The molecule has 7 heteroatoms. The lowest BCUT2D eigenvalue weighted by molar-refractivity contribution is 0.103. The van der Waals surface area contributed by atoms with E-state index in [2.05, 4.69) is 15.3 Å². The van der Waals surface area contributed by atoms with Crippen molar-refractivity contribution in [2.75, 3.05) is 11.1 Å². The number of thiazole rings is 1. The highest BCUT2D eigenvalue weighted by molar-refractivity contribution is 7.17. The van der Waals surface area contributed by atoms with E-state index in [0.29, 0.717) is 21.4 Å². The largest absolute Gasteiger partial charge is 0.375 e. The van der Waals surface area contributed by atoms with Crippen molar-refractivity contribution in [2.24, 2.45) is 0 Å². The van der Waals surface area contributed by atoms with E-state index in [-0.39, 0.29) is 11.1 Å². The molecule has 0 aliphatic carbocycles. The number of halogens is 1. The van der Waals surface area contributed by atoms with Gasteiger partial charge in [-0.05, 0) is 25.5 Å². The van der Waals surface area contributed by atoms with Gasteiger partial charge in [0.2, 0.25) is 0 Å². The predicted octanol–water partition coefficient (Wildman–Crippen LogP) is 2.64. The van der Waals surface area contributed by atoms with Gasteiger partial charge in [0, 0.05) is 6.20 Å². The third-order valence-electron chi connectivity index (χ3n) is 2.24. The second-order valence-electron chi connectivity index (χ2n) is 3.77. The van der Waals surface area contributed by atoms with Gasteiger partial charge in [0.1, 0.15) is 4.88 Å². The standard InChI is InChI=1S/C11H11ClN4OS/c1-5-3-7(9(12)14-4-5)16-10(17)8-6(2)15-11(13)18-8/h3-4H,1-2H3,(H2,13,15)(H,16,17). The van der Waals surface area contributed by atoms with E-state index in [1.807, 2.05) is 6.92 Å². The first kappa shape index (κ1) is 12.8. The van der Waals surface area contributed by atoms with Gasteiger partial charge in [0.15, 0.2) is 10.3 Å². The summed E-state index contributed by atoms with van der Waals surface area (Å²) in [7, 11) is 0. The maximum Gasteiger partial charge on any atom is 0.267 e. The monoisotopic (exact) mass is 282 g/mol. The Hall–Kier alpha value is -1.66. The van der Waals surface area contributed by atoms with E-state index in [9.17, 15) is 4.79 Å². The van der Waals surface area contributed by atoms with Crippen LogP contribution >= 0.6 is 22.9 Å². The molecule has 5 nitrogen and oxygen atoms in total. The quantitative estimate of drug-likeness (QED) is 0.830. The van der Waals surface area contributed by atoms with E-state index in [1.54, 1.807) is 19.2 Å². The van der Waals surface area contributed by atoms with Crippen LogP contribution in [-0.2, 0) is 0 Å². The summed E-state index contributed by atoms with van der Waals surface area (Å²) in [6.45, 7) is 3.60. The summed E-state index contributed by atoms with van der Waals surface area (Å²) < 4.78 is 0. The number of nitrogens with zero attached hydrogens (tertiary/aromatic N) is 2. The molecule has 1 amide bonds. The Labute approximate surface area is 113 Å². The van der Waals surface area contributed by atoms with Gasteiger partial charge in [-0.1, -0.05) is 22.9 Å². The topological polar surface area (TPSA) is 80.9 Å². The van der Waals surface area contributed by atoms with Gasteiger partial charge in [0.25, 0.3) is 5.91 Å². The minimum atomic E-state index is -0.281. The smallest absolute Gasteiger partial charge is 0.267 e. The summed E-state index contributed by atoms with van der Waals surface area (Å²) in [6, 6.07) is 1.76. The lowest BCUT2D eigenvalue weighted by Gasteiger charge is -2.06. The third-order valence-corrected chi connectivity index (χ3v) is 3.53. The van der Waals surface area contributed by atoms with Crippen LogP contribution in [-0.4, -0.2) is 15.9 Å². The number of aryl methyl sites for hydroxylation is 2. The molecule has 0 aliphatic heterocycles. The number of carbonyl (C=O) groups excluding carboxylic acids is 1. The average Bonchev–Trinajstić information content (AvgIpc) is 2.63. The summed E-state index contributed by atoms with van der Waals surface area (Å²) in [5, 5.41) is 3.32. The molecule has 18 heavy (non-hydrogen) atoms.